The van der Waals surface area contributed by atoms with Gasteiger partial charge in [-0.05, 0) is 12.1 Å². The zero-order chi connectivity index (χ0) is 7.40. The van der Waals surface area contributed by atoms with Crippen molar-refractivity contribution in [3.05, 3.63) is 36.7 Å². The van der Waals surface area contributed by atoms with Crippen molar-refractivity contribution in [1.82, 2.24) is 10.3 Å². The highest BCUT2D eigenvalue weighted by Gasteiger charge is 1.92. The molecule has 52 valence electrons. The normalized spacial score (nSPS) is 8.90. The highest BCUT2D eigenvalue weighted by Crippen LogP contribution is 2.01. The second kappa shape index (κ2) is 3.01. The molecule has 2 heteroatoms. The standard InChI is InChI=1S/C8H10N2/c1-7(9-2)8-5-3-4-6-10-8/h3-6,9H,1H2,2H3. The summed E-state index contributed by atoms with van der Waals surface area (Å²) >= 11 is 0. The van der Waals surface area contributed by atoms with E-state index in [1.807, 2.05) is 25.2 Å². The van der Waals surface area contributed by atoms with Crippen molar-refractivity contribution in [1.29, 1.82) is 0 Å². The quantitative estimate of drug-likeness (QED) is 0.659. The molecule has 1 aromatic rings. The SMILES string of the molecule is C=C(NC)c1ccccn1. The van der Waals surface area contributed by atoms with Crippen molar-refractivity contribution < 1.29 is 0 Å². The number of nitrogens with one attached hydrogen (secondary N) is 1. The second-order valence-electron chi connectivity index (χ2n) is 1.94. The molecular weight excluding hydrogens is 124 g/mol. The van der Waals surface area contributed by atoms with Gasteiger partial charge in [0.15, 0.2) is 0 Å². The Kier molecular flexibility index (Phi) is 2.05. The Hall–Kier alpha value is -1.31. The number of aromatic nitrogens is 1. The van der Waals surface area contributed by atoms with Crippen molar-refractivity contribution >= 4 is 5.70 Å². The number of hydrogen-bond acceptors (Lipinski definition) is 2. The van der Waals surface area contributed by atoms with Crippen molar-refractivity contribution in [3.8, 4) is 0 Å². The predicted octanol–water partition coefficient (Wildman–Crippen LogP) is 1.27. The van der Waals surface area contributed by atoms with Gasteiger partial charge in [0.25, 0.3) is 0 Å². The molecule has 0 fully saturated rings. The molecule has 0 amide bonds. The first-order valence-electron chi connectivity index (χ1n) is 3.12. The first-order chi connectivity index (χ1) is 4.84. The summed E-state index contributed by atoms with van der Waals surface area (Å²) in [5.74, 6) is 0. The summed E-state index contributed by atoms with van der Waals surface area (Å²) in [5, 5.41) is 2.92. The van der Waals surface area contributed by atoms with E-state index in [2.05, 4.69) is 16.9 Å². The molecule has 1 aromatic heterocycles. The van der Waals surface area contributed by atoms with E-state index in [4.69, 9.17) is 0 Å². The molecule has 0 spiro atoms. The van der Waals surface area contributed by atoms with Gasteiger partial charge >= 0.3 is 0 Å². The van der Waals surface area contributed by atoms with Gasteiger partial charge in [-0.1, -0.05) is 12.6 Å². The smallest absolute Gasteiger partial charge is 0.0854 e. The lowest BCUT2D eigenvalue weighted by Gasteiger charge is -2.00. The predicted molar refractivity (Wildman–Crippen MR) is 42.3 cm³/mol. The highest BCUT2D eigenvalue weighted by atomic mass is 14.9. The van der Waals surface area contributed by atoms with Crippen LogP contribution in [0.5, 0.6) is 0 Å². The van der Waals surface area contributed by atoms with E-state index in [-0.39, 0.29) is 0 Å². The van der Waals surface area contributed by atoms with Crippen LogP contribution in [-0.2, 0) is 0 Å². The van der Waals surface area contributed by atoms with Crippen molar-refractivity contribution in [2.75, 3.05) is 7.05 Å². The largest absolute Gasteiger partial charge is 0.387 e. The molecule has 1 heterocycles. The van der Waals surface area contributed by atoms with Crippen LogP contribution in [-0.4, -0.2) is 12.0 Å². The maximum absolute atomic E-state index is 4.09. The highest BCUT2D eigenvalue weighted by molar-refractivity contribution is 5.57. The lowest BCUT2D eigenvalue weighted by Crippen LogP contribution is -2.03. The van der Waals surface area contributed by atoms with Gasteiger partial charge in [-0.2, -0.15) is 0 Å². The zero-order valence-corrected chi connectivity index (χ0v) is 5.96. The Morgan fingerprint density at radius 3 is 2.90 bits per heavy atom. The van der Waals surface area contributed by atoms with Crippen LogP contribution in [0.3, 0.4) is 0 Å². The van der Waals surface area contributed by atoms with Crippen LogP contribution in [0.15, 0.2) is 31.0 Å². The molecule has 0 aliphatic heterocycles. The molecule has 0 atom stereocenters. The topological polar surface area (TPSA) is 24.9 Å². The minimum atomic E-state index is 0.848. The van der Waals surface area contributed by atoms with Gasteiger partial charge in [0.1, 0.15) is 0 Å². The minimum absolute atomic E-state index is 0.848. The summed E-state index contributed by atoms with van der Waals surface area (Å²) in [5.41, 5.74) is 1.74. The Morgan fingerprint density at radius 2 is 2.40 bits per heavy atom. The number of rotatable bonds is 2. The summed E-state index contributed by atoms with van der Waals surface area (Å²) in [6, 6.07) is 5.73. The first-order valence-corrected chi connectivity index (χ1v) is 3.12. The summed E-state index contributed by atoms with van der Waals surface area (Å²) < 4.78 is 0. The number of nitrogens with zero attached hydrogens (tertiary/aromatic N) is 1. The third-order valence-electron chi connectivity index (χ3n) is 1.28. The Morgan fingerprint density at radius 1 is 1.60 bits per heavy atom. The molecule has 0 aliphatic carbocycles. The molecular formula is C8H10N2. The molecule has 0 radical (unpaired) electrons. The van der Waals surface area contributed by atoms with Crippen LogP contribution in [0, 0.1) is 0 Å². The van der Waals surface area contributed by atoms with Crippen LogP contribution < -0.4 is 5.32 Å². The van der Waals surface area contributed by atoms with E-state index >= 15 is 0 Å². The Balaban J connectivity index is 2.85. The molecule has 2 nitrogen and oxygen atoms in total. The second-order valence-corrected chi connectivity index (χ2v) is 1.94. The summed E-state index contributed by atoms with van der Waals surface area (Å²) in [6.45, 7) is 3.77. The van der Waals surface area contributed by atoms with Gasteiger partial charge in [-0.15, -0.1) is 0 Å². The van der Waals surface area contributed by atoms with Gasteiger partial charge in [0.05, 0.1) is 11.4 Å². The van der Waals surface area contributed by atoms with E-state index < -0.39 is 0 Å². The van der Waals surface area contributed by atoms with Gasteiger partial charge in [-0.3, -0.25) is 4.98 Å². The summed E-state index contributed by atoms with van der Waals surface area (Å²) in [7, 11) is 1.83. The zero-order valence-electron chi connectivity index (χ0n) is 5.96. The van der Waals surface area contributed by atoms with E-state index in [9.17, 15) is 0 Å². The summed E-state index contributed by atoms with van der Waals surface area (Å²) in [4.78, 5) is 4.09. The fourth-order valence-electron chi connectivity index (χ4n) is 0.669. The van der Waals surface area contributed by atoms with Crippen molar-refractivity contribution in [2.45, 2.75) is 0 Å². The fourth-order valence-corrected chi connectivity index (χ4v) is 0.669. The molecule has 10 heavy (non-hydrogen) atoms. The van der Waals surface area contributed by atoms with Gasteiger partial charge in [0, 0.05) is 13.2 Å². The third kappa shape index (κ3) is 1.35. The van der Waals surface area contributed by atoms with Crippen molar-refractivity contribution in [2.24, 2.45) is 0 Å². The number of hydrogen-bond donors (Lipinski definition) is 1. The first kappa shape index (κ1) is 6.81. The monoisotopic (exact) mass is 134 g/mol. The van der Waals surface area contributed by atoms with Crippen LogP contribution >= 0.6 is 0 Å². The van der Waals surface area contributed by atoms with Crippen LogP contribution in [0.2, 0.25) is 0 Å². The average Bonchev–Trinajstić information content (AvgIpc) is 2.05. The molecule has 1 rings (SSSR count). The Labute approximate surface area is 60.6 Å². The van der Waals surface area contributed by atoms with E-state index in [0.29, 0.717) is 0 Å². The summed E-state index contributed by atoms with van der Waals surface area (Å²) in [6.07, 6.45) is 1.75. The van der Waals surface area contributed by atoms with Gasteiger partial charge in [0.2, 0.25) is 0 Å². The maximum Gasteiger partial charge on any atom is 0.0854 e. The molecule has 0 saturated heterocycles. The third-order valence-corrected chi connectivity index (χ3v) is 1.28. The van der Waals surface area contributed by atoms with E-state index in [0.717, 1.165) is 11.4 Å². The Bertz CT molecular complexity index is 216. The van der Waals surface area contributed by atoms with Gasteiger partial charge < -0.3 is 5.32 Å². The fraction of sp³-hybridized carbons (Fsp3) is 0.125. The molecule has 0 aliphatic rings. The lowest BCUT2D eigenvalue weighted by molar-refractivity contribution is 1.10. The van der Waals surface area contributed by atoms with Crippen LogP contribution in [0.1, 0.15) is 5.69 Å². The van der Waals surface area contributed by atoms with Crippen LogP contribution in [0.25, 0.3) is 5.70 Å². The molecule has 0 unspecified atom stereocenters. The molecule has 0 aromatic carbocycles. The lowest BCUT2D eigenvalue weighted by atomic mass is 10.3. The molecule has 0 bridgehead atoms. The van der Waals surface area contributed by atoms with Crippen LogP contribution in [0.4, 0.5) is 0 Å². The average molecular weight is 134 g/mol. The number of pyridine rings is 1. The molecule has 1 N–H and O–H groups in total. The molecule has 0 saturated carbocycles. The minimum Gasteiger partial charge on any atom is -0.387 e. The maximum atomic E-state index is 4.09. The van der Waals surface area contributed by atoms with Crippen molar-refractivity contribution in [3.63, 3.8) is 0 Å². The van der Waals surface area contributed by atoms with E-state index in [1.54, 1.807) is 6.20 Å². The van der Waals surface area contributed by atoms with Gasteiger partial charge in [-0.25, -0.2) is 0 Å². The van der Waals surface area contributed by atoms with E-state index in [1.165, 1.54) is 0 Å².